The first-order chi connectivity index (χ1) is 10.2. The second kappa shape index (κ2) is 5.92. The third kappa shape index (κ3) is 3.12. The van der Waals surface area contributed by atoms with Gasteiger partial charge in [0.05, 0.1) is 6.20 Å². The molecule has 0 saturated heterocycles. The van der Waals surface area contributed by atoms with Crippen molar-refractivity contribution in [3.8, 4) is 0 Å². The van der Waals surface area contributed by atoms with Gasteiger partial charge in [-0.1, -0.05) is 13.8 Å². The summed E-state index contributed by atoms with van der Waals surface area (Å²) >= 11 is 0. The minimum Gasteiger partial charge on any atom is -0.369 e. The lowest BCUT2D eigenvalue weighted by molar-refractivity contribution is 0.280. The number of anilines is 2. The Bertz CT molecular complexity index is 596. The van der Waals surface area contributed by atoms with E-state index in [9.17, 15) is 0 Å². The average Bonchev–Trinajstić information content (AvgIpc) is 2.86. The predicted molar refractivity (Wildman–Crippen MR) is 86.7 cm³/mol. The lowest BCUT2D eigenvalue weighted by Gasteiger charge is -2.32. The molecule has 2 aromatic heterocycles. The topological polar surface area (TPSA) is 54.2 Å². The van der Waals surface area contributed by atoms with E-state index in [1.54, 1.807) is 0 Å². The van der Waals surface area contributed by atoms with Crippen molar-refractivity contribution in [3.05, 3.63) is 18.6 Å². The first-order valence-corrected chi connectivity index (χ1v) is 7.99. The Hall–Kier alpha value is -1.78. The van der Waals surface area contributed by atoms with Crippen molar-refractivity contribution in [2.75, 3.05) is 17.2 Å². The molecule has 3 rings (SSSR count). The van der Waals surface area contributed by atoms with Gasteiger partial charge < -0.3 is 15.0 Å². The lowest BCUT2D eigenvalue weighted by atomic mass is 9.80. The summed E-state index contributed by atoms with van der Waals surface area (Å²) in [4.78, 5) is 9.14. The predicted octanol–water partition coefficient (Wildman–Crippen LogP) is 3.40. The van der Waals surface area contributed by atoms with Gasteiger partial charge in [0.1, 0.15) is 5.82 Å². The Balaban J connectivity index is 1.86. The van der Waals surface area contributed by atoms with Crippen LogP contribution < -0.4 is 10.6 Å². The van der Waals surface area contributed by atoms with E-state index in [0.717, 1.165) is 35.7 Å². The normalized spacial score (nSPS) is 26.0. The molecule has 2 N–H and O–H groups in total. The van der Waals surface area contributed by atoms with Crippen LogP contribution in [-0.2, 0) is 0 Å². The first kappa shape index (κ1) is 14.2. The van der Waals surface area contributed by atoms with Gasteiger partial charge in [0.25, 0.3) is 0 Å². The summed E-state index contributed by atoms with van der Waals surface area (Å²) in [6.07, 6.45) is 9.54. The molecule has 1 fully saturated rings. The Morgan fingerprint density at radius 1 is 1.24 bits per heavy atom. The number of aromatic nitrogens is 3. The summed E-state index contributed by atoms with van der Waals surface area (Å²) in [6, 6.07) is 0.494. The molecule has 2 heterocycles. The van der Waals surface area contributed by atoms with Crippen LogP contribution in [-0.4, -0.2) is 27.0 Å². The van der Waals surface area contributed by atoms with Crippen LogP contribution in [0.5, 0.6) is 0 Å². The minimum absolute atomic E-state index is 0.494. The molecule has 5 heteroatoms. The highest BCUT2D eigenvalue weighted by atomic mass is 15.2. The first-order valence-electron chi connectivity index (χ1n) is 7.99. The minimum atomic E-state index is 0.494. The number of fused-ring (bicyclic) bond motifs is 1. The van der Waals surface area contributed by atoms with Gasteiger partial charge >= 0.3 is 0 Å². The van der Waals surface area contributed by atoms with Crippen molar-refractivity contribution in [2.45, 2.75) is 46.1 Å². The van der Waals surface area contributed by atoms with Crippen LogP contribution in [0.3, 0.4) is 0 Å². The van der Waals surface area contributed by atoms with Crippen molar-refractivity contribution < 1.29 is 0 Å². The summed E-state index contributed by atoms with van der Waals surface area (Å²) in [5.74, 6) is 3.34. The maximum Gasteiger partial charge on any atom is 0.180 e. The second-order valence-corrected chi connectivity index (χ2v) is 6.42. The van der Waals surface area contributed by atoms with Gasteiger partial charge in [-0.3, -0.25) is 0 Å². The highest BCUT2D eigenvalue weighted by molar-refractivity contribution is 5.65. The third-order valence-electron chi connectivity index (χ3n) is 4.25. The molecular formula is C16H25N5. The molecule has 0 amide bonds. The highest BCUT2D eigenvalue weighted by Crippen LogP contribution is 2.31. The number of hydrogen-bond donors (Lipinski definition) is 2. The molecule has 1 aliphatic rings. The molecule has 1 saturated carbocycles. The zero-order valence-corrected chi connectivity index (χ0v) is 13.1. The van der Waals surface area contributed by atoms with Crippen molar-refractivity contribution in [1.82, 2.24) is 14.4 Å². The zero-order chi connectivity index (χ0) is 14.8. The quantitative estimate of drug-likeness (QED) is 0.905. The fourth-order valence-corrected chi connectivity index (χ4v) is 3.55. The molecule has 21 heavy (non-hydrogen) atoms. The van der Waals surface area contributed by atoms with Gasteiger partial charge in [0.15, 0.2) is 11.5 Å². The molecule has 2 aromatic rings. The second-order valence-electron chi connectivity index (χ2n) is 6.42. The Kier molecular flexibility index (Phi) is 3.99. The summed E-state index contributed by atoms with van der Waals surface area (Å²) in [6.45, 7) is 7.64. The van der Waals surface area contributed by atoms with Crippen LogP contribution in [0.4, 0.5) is 11.6 Å². The smallest absolute Gasteiger partial charge is 0.180 e. The standard InChI is InChI=1S/C16H25N5/c1-4-17-14-10-21-6-5-18-16(21)15(20-14)19-13-8-11(2)7-12(3)9-13/h5-6,10-13,17H,4,7-9H2,1-3H3,(H,19,20). The van der Waals surface area contributed by atoms with E-state index in [-0.39, 0.29) is 0 Å². The number of hydrogen-bond acceptors (Lipinski definition) is 4. The number of imidazole rings is 1. The van der Waals surface area contributed by atoms with E-state index in [4.69, 9.17) is 4.98 Å². The Morgan fingerprint density at radius 3 is 2.71 bits per heavy atom. The number of nitrogens with zero attached hydrogens (tertiary/aromatic N) is 3. The number of nitrogens with one attached hydrogen (secondary N) is 2. The fourth-order valence-electron chi connectivity index (χ4n) is 3.55. The van der Waals surface area contributed by atoms with Gasteiger partial charge in [-0.15, -0.1) is 0 Å². The molecule has 0 spiro atoms. The van der Waals surface area contributed by atoms with Crippen molar-refractivity contribution in [1.29, 1.82) is 0 Å². The van der Waals surface area contributed by atoms with Crippen molar-refractivity contribution >= 4 is 17.3 Å². The maximum atomic E-state index is 4.70. The molecule has 0 aromatic carbocycles. The lowest BCUT2D eigenvalue weighted by Crippen LogP contribution is -2.30. The summed E-state index contributed by atoms with van der Waals surface area (Å²) in [5, 5.41) is 6.92. The molecule has 2 atom stereocenters. The van der Waals surface area contributed by atoms with Crippen LogP contribution in [0.2, 0.25) is 0 Å². The molecular weight excluding hydrogens is 262 g/mol. The third-order valence-corrected chi connectivity index (χ3v) is 4.25. The summed E-state index contributed by atoms with van der Waals surface area (Å²) < 4.78 is 2.03. The van der Waals surface area contributed by atoms with Crippen LogP contribution in [0.1, 0.15) is 40.0 Å². The molecule has 0 radical (unpaired) electrons. The van der Waals surface area contributed by atoms with Gasteiger partial charge in [-0.25, -0.2) is 9.97 Å². The van der Waals surface area contributed by atoms with E-state index in [2.05, 4.69) is 36.4 Å². The molecule has 114 valence electrons. The van der Waals surface area contributed by atoms with E-state index in [1.165, 1.54) is 19.3 Å². The fraction of sp³-hybridized carbons (Fsp3) is 0.625. The maximum absolute atomic E-state index is 4.70. The van der Waals surface area contributed by atoms with Crippen molar-refractivity contribution in [2.24, 2.45) is 11.8 Å². The molecule has 1 aliphatic carbocycles. The van der Waals surface area contributed by atoms with Crippen LogP contribution >= 0.6 is 0 Å². The Labute approximate surface area is 126 Å². The highest BCUT2D eigenvalue weighted by Gasteiger charge is 2.24. The van der Waals surface area contributed by atoms with Crippen molar-refractivity contribution in [3.63, 3.8) is 0 Å². The van der Waals surface area contributed by atoms with E-state index in [1.807, 2.05) is 23.0 Å². The largest absolute Gasteiger partial charge is 0.369 e. The van der Waals surface area contributed by atoms with E-state index < -0.39 is 0 Å². The van der Waals surface area contributed by atoms with Gasteiger partial charge in [-0.2, -0.15) is 0 Å². The van der Waals surface area contributed by atoms with Gasteiger partial charge in [0, 0.05) is 25.0 Å². The van der Waals surface area contributed by atoms with Crippen LogP contribution in [0.15, 0.2) is 18.6 Å². The molecule has 0 bridgehead atoms. The number of rotatable bonds is 4. The SMILES string of the molecule is CCNc1cn2ccnc2c(NC2CC(C)CC(C)C2)n1. The molecule has 2 unspecified atom stereocenters. The van der Waals surface area contributed by atoms with E-state index in [0.29, 0.717) is 6.04 Å². The van der Waals surface area contributed by atoms with Gasteiger partial charge in [-0.05, 0) is 38.0 Å². The summed E-state index contributed by atoms with van der Waals surface area (Å²) in [7, 11) is 0. The average molecular weight is 287 g/mol. The van der Waals surface area contributed by atoms with Gasteiger partial charge in [0.2, 0.25) is 0 Å². The molecule has 5 nitrogen and oxygen atoms in total. The summed E-state index contributed by atoms with van der Waals surface area (Å²) in [5.41, 5.74) is 0.905. The van der Waals surface area contributed by atoms with Crippen LogP contribution in [0, 0.1) is 11.8 Å². The Morgan fingerprint density at radius 2 is 2.00 bits per heavy atom. The molecule has 0 aliphatic heterocycles. The zero-order valence-electron chi connectivity index (χ0n) is 13.1. The van der Waals surface area contributed by atoms with E-state index >= 15 is 0 Å². The monoisotopic (exact) mass is 287 g/mol. The van der Waals surface area contributed by atoms with Crippen LogP contribution in [0.25, 0.3) is 5.65 Å².